The number of aromatic hydroxyl groups is 1. The molecule has 13 nitrogen and oxygen atoms in total. The van der Waals surface area contributed by atoms with Gasteiger partial charge in [-0.2, -0.15) is 0 Å². The van der Waals surface area contributed by atoms with Crippen LogP contribution in [0, 0.1) is 13.8 Å². The predicted octanol–water partition coefficient (Wildman–Crippen LogP) is 5.95. The summed E-state index contributed by atoms with van der Waals surface area (Å²) < 4.78 is 11.8. The number of piperazine rings is 1. The Kier molecular flexibility index (Phi) is 13.6. The maximum Gasteiger partial charge on any atom is 0.410 e. The third-order valence-electron chi connectivity index (χ3n) is 13.1. The quantitative estimate of drug-likeness (QED) is 0.198. The highest BCUT2D eigenvalue weighted by Gasteiger charge is 2.37. The molecule has 4 heterocycles. The molecule has 0 radical (unpaired) electrons. The molecule has 3 saturated heterocycles. The zero-order valence-electron chi connectivity index (χ0n) is 34.5. The lowest BCUT2D eigenvalue weighted by Crippen LogP contribution is -2.57. The van der Waals surface area contributed by atoms with E-state index < -0.39 is 12.2 Å². The van der Waals surface area contributed by atoms with E-state index in [1.165, 1.54) is 11.1 Å². The Bertz CT molecular complexity index is 2010. The van der Waals surface area contributed by atoms with E-state index in [2.05, 4.69) is 21.2 Å². The molecule has 1 atom stereocenters. The molecule has 0 aromatic heterocycles. The number of fused-ring (bicyclic) bond motifs is 2. The molecule has 0 spiro atoms. The van der Waals surface area contributed by atoms with E-state index in [-0.39, 0.29) is 50.1 Å². The number of hydrogen-bond acceptors (Lipinski definition) is 9. The van der Waals surface area contributed by atoms with Gasteiger partial charge in [-0.15, -0.1) is 0 Å². The third kappa shape index (κ3) is 9.90. The Hall–Kier alpha value is -5.14. The van der Waals surface area contributed by atoms with E-state index in [4.69, 9.17) is 9.47 Å². The first kappa shape index (κ1) is 43.0. The van der Waals surface area contributed by atoms with E-state index in [1.54, 1.807) is 4.90 Å². The summed E-state index contributed by atoms with van der Waals surface area (Å²) in [5, 5.41) is 13.5. The second kappa shape index (κ2) is 19.1. The monoisotopic (exact) mass is 822 g/mol. The Morgan fingerprint density at radius 2 is 1.45 bits per heavy atom. The van der Waals surface area contributed by atoms with Crippen LogP contribution in [0.1, 0.15) is 72.9 Å². The number of piperidine rings is 2. The number of carbonyl (C=O) groups is 4. The molecule has 3 fully saturated rings. The van der Waals surface area contributed by atoms with Crippen LogP contribution in [0.3, 0.4) is 0 Å². The summed E-state index contributed by atoms with van der Waals surface area (Å²) >= 11 is 0. The fourth-order valence-corrected chi connectivity index (χ4v) is 9.76. The maximum atomic E-state index is 14.3. The van der Waals surface area contributed by atoms with E-state index in [1.807, 2.05) is 72.2 Å². The van der Waals surface area contributed by atoms with Crippen LogP contribution in [0.2, 0.25) is 0 Å². The minimum Gasteiger partial charge on any atom is -0.507 e. The number of esters is 1. The van der Waals surface area contributed by atoms with E-state index >= 15 is 0 Å². The smallest absolute Gasteiger partial charge is 0.410 e. The lowest BCUT2D eigenvalue weighted by molar-refractivity contribution is -0.143. The van der Waals surface area contributed by atoms with Crippen molar-refractivity contribution in [3.63, 3.8) is 0 Å². The third-order valence-corrected chi connectivity index (χ3v) is 13.1. The highest BCUT2D eigenvalue weighted by Crippen LogP contribution is 2.29. The van der Waals surface area contributed by atoms with Crippen LogP contribution in [0.15, 0.2) is 54.6 Å². The first-order chi connectivity index (χ1) is 28.6. The van der Waals surface area contributed by atoms with Crippen LogP contribution in [0.25, 0.3) is 0 Å². The van der Waals surface area contributed by atoms with Gasteiger partial charge in [-0.1, -0.05) is 43.8 Å². The van der Waals surface area contributed by atoms with Gasteiger partial charge in [0, 0.05) is 83.1 Å². The number of benzene rings is 3. The summed E-state index contributed by atoms with van der Waals surface area (Å²) in [6.45, 7) is 9.49. The lowest BCUT2D eigenvalue weighted by Gasteiger charge is -2.43. The van der Waals surface area contributed by atoms with Crippen molar-refractivity contribution in [2.75, 3.05) is 70.8 Å². The molecule has 3 aromatic carbocycles. The number of hydrogen-bond donors (Lipinski definition) is 2. The first-order valence-corrected chi connectivity index (χ1v) is 21.6. The maximum absolute atomic E-state index is 14.3. The summed E-state index contributed by atoms with van der Waals surface area (Å²) in [5.74, 6) is 0.415. The molecule has 3 aromatic rings. The fraction of sp³-hybridized carbons (Fsp3) is 0.532. The van der Waals surface area contributed by atoms with Gasteiger partial charge in [-0.25, -0.2) is 9.59 Å². The average Bonchev–Trinajstić information content (AvgIpc) is 3.64. The molecule has 4 amide bonds. The summed E-state index contributed by atoms with van der Waals surface area (Å²) in [5.41, 5.74) is 6.83. The molecule has 0 unspecified atom stereocenters. The fourth-order valence-electron chi connectivity index (χ4n) is 9.76. The van der Waals surface area contributed by atoms with Crippen molar-refractivity contribution in [1.29, 1.82) is 0 Å². The summed E-state index contributed by atoms with van der Waals surface area (Å²) in [6.07, 6.45) is 5.83. The molecule has 1 aliphatic carbocycles. The highest BCUT2D eigenvalue weighted by molar-refractivity contribution is 5.91. The number of likely N-dealkylation sites (tertiary alicyclic amines) is 2. The van der Waals surface area contributed by atoms with Crippen LogP contribution in [0.4, 0.5) is 15.3 Å². The van der Waals surface area contributed by atoms with Crippen molar-refractivity contribution < 1.29 is 33.8 Å². The number of anilines is 1. The van der Waals surface area contributed by atoms with Gasteiger partial charge in [0.1, 0.15) is 11.5 Å². The van der Waals surface area contributed by atoms with Crippen molar-refractivity contribution in [3.8, 4) is 11.5 Å². The van der Waals surface area contributed by atoms with Gasteiger partial charge >= 0.3 is 18.1 Å². The van der Waals surface area contributed by atoms with Gasteiger partial charge in [0.2, 0.25) is 0 Å². The van der Waals surface area contributed by atoms with Crippen LogP contribution >= 0.6 is 0 Å². The molecule has 0 bridgehead atoms. The number of ether oxygens (including phenoxy) is 2. The van der Waals surface area contributed by atoms with Gasteiger partial charge in [0.25, 0.3) is 5.91 Å². The number of carbonyl (C=O) groups excluding carboxylic acids is 4. The van der Waals surface area contributed by atoms with Crippen molar-refractivity contribution in [1.82, 2.24) is 24.5 Å². The molecule has 60 heavy (non-hydrogen) atoms. The topological polar surface area (TPSA) is 135 Å². The number of amides is 4. The molecule has 0 saturated carbocycles. The van der Waals surface area contributed by atoms with Gasteiger partial charge in [-0.3, -0.25) is 19.4 Å². The van der Waals surface area contributed by atoms with Crippen LogP contribution in [0.5, 0.6) is 11.5 Å². The second-order valence-corrected chi connectivity index (χ2v) is 17.0. The van der Waals surface area contributed by atoms with E-state index in [0.717, 1.165) is 81.5 Å². The Labute approximate surface area is 354 Å². The first-order valence-electron chi connectivity index (χ1n) is 21.6. The van der Waals surface area contributed by atoms with Crippen LogP contribution in [-0.2, 0) is 40.0 Å². The molecule has 322 valence electrons. The zero-order chi connectivity index (χ0) is 41.0. The minimum atomic E-state index is -1.02. The summed E-state index contributed by atoms with van der Waals surface area (Å²) in [4.78, 5) is 64.0. The largest absolute Gasteiger partial charge is 0.507 e. The van der Waals surface area contributed by atoms with Gasteiger partial charge in [0.15, 0.2) is 6.10 Å². The van der Waals surface area contributed by atoms with E-state index in [0.29, 0.717) is 68.5 Å². The van der Waals surface area contributed by atoms with E-state index in [9.17, 15) is 24.3 Å². The number of nitrogens with zero attached hydrogens (tertiary/aromatic N) is 5. The number of nitrogens with one attached hydrogen (secondary N) is 1. The van der Waals surface area contributed by atoms with Crippen molar-refractivity contribution >= 4 is 29.7 Å². The SMILES string of the molecule is C.Cc1cc(C[C@@H](OC(=O)N2CCC(N3CCc4ccccc4NC3=O)CC2)C(=O)N2CCN(C3CCN(CC(=O)Oc4ccc5c(c4)CCC5)CC3)CC2)cc(C)c1O. The van der Waals surface area contributed by atoms with Crippen LogP contribution < -0.4 is 10.1 Å². The summed E-state index contributed by atoms with van der Waals surface area (Å²) in [6, 6.07) is 17.8. The van der Waals surface area contributed by atoms with Gasteiger partial charge in [-0.05, 0) is 117 Å². The second-order valence-electron chi connectivity index (χ2n) is 17.0. The Morgan fingerprint density at radius 1 is 0.767 bits per heavy atom. The van der Waals surface area contributed by atoms with Gasteiger partial charge < -0.3 is 34.6 Å². The number of phenols is 1. The average molecular weight is 823 g/mol. The number of phenolic OH excluding ortho intramolecular Hbond substituents is 1. The molecule has 8 rings (SSSR count). The Balaban J connectivity index is 0.00000544. The van der Waals surface area contributed by atoms with Crippen molar-refractivity contribution in [2.45, 2.75) is 97.2 Å². The van der Waals surface area contributed by atoms with Crippen LogP contribution in [-0.4, -0.2) is 137 Å². The number of urea groups is 1. The van der Waals surface area contributed by atoms with Gasteiger partial charge in [0.05, 0.1) is 6.54 Å². The number of aryl methyl sites for hydroxylation is 4. The van der Waals surface area contributed by atoms with Crippen molar-refractivity contribution in [3.05, 3.63) is 88.0 Å². The van der Waals surface area contributed by atoms with Crippen molar-refractivity contribution in [2.24, 2.45) is 0 Å². The normalized spacial score (nSPS) is 19.7. The molecular formula is C47H62N6O7. The number of rotatable bonds is 9. The highest BCUT2D eigenvalue weighted by atomic mass is 16.6. The predicted molar refractivity (Wildman–Crippen MR) is 230 cm³/mol. The lowest BCUT2D eigenvalue weighted by atomic mass is 10.00. The molecule has 13 heteroatoms. The molecule has 5 aliphatic rings. The molecular weight excluding hydrogens is 761 g/mol. The Morgan fingerprint density at radius 3 is 2.18 bits per heavy atom. The zero-order valence-corrected chi connectivity index (χ0v) is 34.5. The summed E-state index contributed by atoms with van der Waals surface area (Å²) in [7, 11) is 0. The minimum absolute atomic E-state index is 0. The molecule has 4 aliphatic heterocycles. The standard InChI is InChI=1S/C46H58N6O7.CH4/c1-31-26-33(27-32(2)43(31)54)28-41(59-46(57)51-19-15-38(16-20-51)52-21-12-35-6-3-4-9-40(35)47-45(52)56)44(55)50-24-22-49(23-25-50)37-13-17-48(18-14-37)30-42(53)58-39-11-10-34-7-5-8-36(34)29-39;/h3-4,6,9-11,26-27,29,37-38,41,54H,5,7-8,12-25,28,30H2,1-2H3,(H,47,56);1H4/t41-;/m1./s1. The molecule has 2 N–H and O–H groups in total. The number of para-hydroxylation sites is 1.